The van der Waals surface area contributed by atoms with Crippen molar-refractivity contribution >= 4 is 45.4 Å². The summed E-state index contributed by atoms with van der Waals surface area (Å²) in [6.07, 6.45) is 3.57. The maximum atomic E-state index is 11.1. The van der Waals surface area contributed by atoms with Crippen molar-refractivity contribution < 1.29 is 9.90 Å². The SMILES string of the molecule is O=C(O)c1cccc(-n2cccc2C=Nc2ccc(Br)c(Cl)c2)c1. The zero-order valence-electron chi connectivity index (χ0n) is 12.4. The van der Waals surface area contributed by atoms with Crippen molar-refractivity contribution in [1.29, 1.82) is 0 Å². The van der Waals surface area contributed by atoms with Gasteiger partial charge in [-0.3, -0.25) is 4.99 Å². The molecule has 0 aliphatic heterocycles. The highest BCUT2D eigenvalue weighted by Gasteiger charge is 2.06. The molecule has 3 aromatic rings. The first kappa shape index (κ1) is 16.5. The highest BCUT2D eigenvalue weighted by Crippen LogP contribution is 2.27. The predicted molar refractivity (Wildman–Crippen MR) is 99.1 cm³/mol. The van der Waals surface area contributed by atoms with Crippen LogP contribution in [0.3, 0.4) is 0 Å². The molecule has 0 radical (unpaired) electrons. The second-order valence-corrected chi connectivity index (χ2v) is 6.28. The van der Waals surface area contributed by atoms with E-state index < -0.39 is 5.97 Å². The Hall–Kier alpha value is -2.37. The van der Waals surface area contributed by atoms with Crippen LogP contribution in [-0.2, 0) is 0 Å². The third-order valence-electron chi connectivity index (χ3n) is 3.40. The van der Waals surface area contributed by atoms with Crippen molar-refractivity contribution in [2.75, 3.05) is 0 Å². The second-order valence-electron chi connectivity index (χ2n) is 5.02. The van der Waals surface area contributed by atoms with E-state index in [9.17, 15) is 4.79 Å². The minimum atomic E-state index is -0.955. The van der Waals surface area contributed by atoms with Crippen LogP contribution in [0.5, 0.6) is 0 Å². The fourth-order valence-electron chi connectivity index (χ4n) is 2.23. The van der Waals surface area contributed by atoms with Crippen LogP contribution in [0.4, 0.5) is 5.69 Å². The largest absolute Gasteiger partial charge is 0.478 e. The van der Waals surface area contributed by atoms with Crippen molar-refractivity contribution in [3.8, 4) is 5.69 Å². The average Bonchev–Trinajstić information content (AvgIpc) is 3.04. The highest BCUT2D eigenvalue weighted by atomic mass is 79.9. The minimum Gasteiger partial charge on any atom is -0.478 e. The minimum absolute atomic E-state index is 0.240. The standard InChI is InChI=1S/C18H12BrClN2O2/c19-16-7-6-13(10-17(16)20)21-11-15-5-2-8-22(15)14-4-1-3-12(9-14)18(23)24/h1-11H,(H,23,24). The van der Waals surface area contributed by atoms with Gasteiger partial charge in [0.15, 0.2) is 0 Å². The molecular weight excluding hydrogens is 392 g/mol. The number of hydrogen-bond acceptors (Lipinski definition) is 2. The van der Waals surface area contributed by atoms with Gasteiger partial charge in [-0.05, 0) is 64.5 Å². The highest BCUT2D eigenvalue weighted by molar-refractivity contribution is 9.10. The summed E-state index contributed by atoms with van der Waals surface area (Å²) in [7, 11) is 0. The van der Waals surface area contributed by atoms with Gasteiger partial charge in [-0.2, -0.15) is 0 Å². The Morgan fingerprint density at radius 3 is 2.75 bits per heavy atom. The number of hydrogen-bond donors (Lipinski definition) is 1. The molecular formula is C18H12BrClN2O2. The number of aromatic nitrogens is 1. The Kier molecular flexibility index (Phi) is 4.83. The lowest BCUT2D eigenvalue weighted by molar-refractivity contribution is 0.0697. The molecule has 1 N–H and O–H groups in total. The van der Waals surface area contributed by atoms with E-state index in [1.165, 1.54) is 0 Å². The van der Waals surface area contributed by atoms with Crippen LogP contribution in [0.1, 0.15) is 16.1 Å². The lowest BCUT2D eigenvalue weighted by Gasteiger charge is -2.07. The zero-order chi connectivity index (χ0) is 17.1. The van der Waals surface area contributed by atoms with E-state index in [0.29, 0.717) is 5.02 Å². The molecule has 0 atom stereocenters. The number of aliphatic imine (C=N–C) groups is 1. The van der Waals surface area contributed by atoms with Crippen molar-refractivity contribution in [2.45, 2.75) is 0 Å². The van der Waals surface area contributed by atoms with Crippen LogP contribution in [0, 0.1) is 0 Å². The molecule has 2 aromatic carbocycles. The van der Waals surface area contributed by atoms with E-state index in [4.69, 9.17) is 16.7 Å². The van der Waals surface area contributed by atoms with E-state index in [2.05, 4.69) is 20.9 Å². The topological polar surface area (TPSA) is 54.6 Å². The molecule has 0 saturated carbocycles. The predicted octanol–water partition coefficient (Wildman–Crippen LogP) is 5.34. The van der Waals surface area contributed by atoms with Crippen LogP contribution in [0.15, 0.2) is 70.3 Å². The maximum absolute atomic E-state index is 11.1. The summed E-state index contributed by atoms with van der Waals surface area (Å²) < 4.78 is 2.69. The molecule has 0 bridgehead atoms. The summed E-state index contributed by atoms with van der Waals surface area (Å²) in [5.41, 5.74) is 2.56. The molecule has 3 rings (SSSR count). The van der Waals surface area contributed by atoms with E-state index in [-0.39, 0.29) is 5.56 Å². The monoisotopic (exact) mass is 402 g/mol. The smallest absolute Gasteiger partial charge is 0.335 e. The number of halogens is 2. The Balaban J connectivity index is 1.93. The lowest BCUT2D eigenvalue weighted by Crippen LogP contribution is -2.01. The molecule has 120 valence electrons. The summed E-state index contributed by atoms with van der Waals surface area (Å²) in [6, 6.07) is 16.0. The Morgan fingerprint density at radius 2 is 2.00 bits per heavy atom. The first-order valence-electron chi connectivity index (χ1n) is 7.05. The number of carboxylic acid groups (broad SMARTS) is 1. The molecule has 0 spiro atoms. The quantitative estimate of drug-likeness (QED) is 0.598. The van der Waals surface area contributed by atoms with Gasteiger partial charge in [0, 0.05) is 16.4 Å². The molecule has 0 unspecified atom stereocenters. The summed E-state index contributed by atoms with van der Waals surface area (Å²) in [5.74, 6) is -0.955. The fraction of sp³-hybridized carbons (Fsp3) is 0. The van der Waals surface area contributed by atoms with Crippen molar-refractivity contribution in [3.05, 3.63) is 81.5 Å². The fourth-order valence-corrected chi connectivity index (χ4v) is 2.65. The summed E-state index contributed by atoms with van der Waals surface area (Å²) in [6.45, 7) is 0. The van der Waals surface area contributed by atoms with Crippen LogP contribution < -0.4 is 0 Å². The van der Waals surface area contributed by atoms with Gasteiger partial charge in [-0.15, -0.1) is 0 Å². The summed E-state index contributed by atoms with van der Waals surface area (Å²) in [4.78, 5) is 15.6. The Labute approximate surface area is 152 Å². The molecule has 0 saturated heterocycles. The van der Waals surface area contributed by atoms with Crippen LogP contribution in [0.25, 0.3) is 5.69 Å². The lowest BCUT2D eigenvalue weighted by atomic mass is 10.2. The van der Waals surface area contributed by atoms with E-state index in [1.807, 2.05) is 41.1 Å². The van der Waals surface area contributed by atoms with Crippen LogP contribution >= 0.6 is 27.5 Å². The van der Waals surface area contributed by atoms with Crippen LogP contribution in [0.2, 0.25) is 5.02 Å². The molecule has 0 fully saturated rings. The third-order valence-corrected chi connectivity index (χ3v) is 4.63. The number of aromatic carboxylic acids is 1. The first-order valence-corrected chi connectivity index (χ1v) is 8.22. The number of nitrogens with zero attached hydrogens (tertiary/aromatic N) is 2. The van der Waals surface area contributed by atoms with Gasteiger partial charge in [0.25, 0.3) is 0 Å². The summed E-state index contributed by atoms with van der Waals surface area (Å²) in [5, 5.41) is 9.72. The molecule has 4 nitrogen and oxygen atoms in total. The van der Waals surface area contributed by atoms with E-state index in [0.717, 1.165) is 21.5 Å². The number of carboxylic acids is 1. The van der Waals surface area contributed by atoms with Crippen molar-refractivity contribution in [1.82, 2.24) is 4.57 Å². The molecule has 24 heavy (non-hydrogen) atoms. The molecule has 0 amide bonds. The van der Waals surface area contributed by atoms with Crippen molar-refractivity contribution in [3.63, 3.8) is 0 Å². The van der Waals surface area contributed by atoms with Gasteiger partial charge >= 0.3 is 5.97 Å². The van der Waals surface area contributed by atoms with Gasteiger partial charge < -0.3 is 9.67 Å². The van der Waals surface area contributed by atoms with Gasteiger partial charge in [-0.1, -0.05) is 17.7 Å². The van der Waals surface area contributed by atoms with Crippen LogP contribution in [-0.4, -0.2) is 21.9 Å². The Bertz CT molecular complexity index is 934. The maximum Gasteiger partial charge on any atom is 0.335 e. The van der Waals surface area contributed by atoms with Gasteiger partial charge in [0.05, 0.1) is 28.2 Å². The second kappa shape index (κ2) is 7.03. The molecule has 1 heterocycles. The number of carbonyl (C=O) groups is 1. The first-order chi connectivity index (χ1) is 11.5. The van der Waals surface area contributed by atoms with Gasteiger partial charge in [-0.25, -0.2) is 4.79 Å². The molecule has 0 aliphatic carbocycles. The molecule has 1 aromatic heterocycles. The number of benzene rings is 2. The molecule has 0 aliphatic rings. The normalized spacial score (nSPS) is 11.1. The van der Waals surface area contributed by atoms with Crippen molar-refractivity contribution in [2.24, 2.45) is 4.99 Å². The molecule has 6 heteroatoms. The van der Waals surface area contributed by atoms with E-state index >= 15 is 0 Å². The Morgan fingerprint density at radius 1 is 1.17 bits per heavy atom. The van der Waals surface area contributed by atoms with E-state index in [1.54, 1.807) is 30.5 Å². The van der Waals surface area contributed by atoms with Gasteiger partial charge in [0.2, 0.25) is 0 Å². The summed E-state index contributed by atoms with van der Waals surface area (Å²) >= 11 is 9.41. The third kappa shape index (κ3) is 3.58. The zero-order valence-corrected chi connectivity index (χ0v) is 14.7. The average molecular weight is 404 g/mol. The van der Waals surface area contributed by atoms with Gasteiger partial charge in [0.1, 0.15) is 0 Å². The number of rotatable bonds is 4.